The zero-order valence-electron chi connectivity index (χ0n) is 7.92. The second kappa shape index (κ2) is 4.60. The van der Waals surface area contributed by atoms with Gasteiger partial charge in [0.2, 0.25) is 0 Å². The van der Waals surface area contributed by atoms with Crippen molar-refractivity contribution in [3.8, 4) is 5.75 Å². The van der Waals surface area contributed by atoms with E-state index in [9.17, 15) is 23.4 Å². The van der Waals surface area contributed by atoms with Crippen LogP contribution in [0, 0.1) is 0 Å². The molecule has 1 atom stereocenters. The van der Waals surface area contributed by atoms with E-state index in [0.717, 1.165) is 6.07 Å². The first-order chi connectivity index (χ1) is 7.27. The van der Waals surface area contributed by atoms with Gasteiger partial charge in [-0.05, 0) is 33.6 Å². The molecule has 0 aliphatic carbocycles. The number of phenols is 1. The van der Waals surface area contributed by atoms with Crippen molar-refractivity contribution in [2.75, 3.05) is 6.54 Å². The van der Waals surface area contributed by atoms with Crippen molar-refractivity contribution >= 4 is 15.9 Å². The van der Waals surface area contributed by atoms with E-state index in [-0.39, 0.29) is 16.6 Å². The minimum atomic E-state index is -4.65. The molecule has 0 amide bonds. The van der Waals surface area contributed by atoms with Crippen LogP contribution in [0.5, 0.6) is 5.75 Å². The highest BCUT2D eigenvalue weighted by Crippen LogP contribution is 2.39. The van der Waals surface area contributed by atoms with Gasteiger partial charge in [-0.25, -0.2) is 0 Å². The molecule has 4 N–H and O–H groups in total. The molecule has 1 aromatic rings. The van der Waals surface area contributed by atoms with Gasteiger partial charge < -0.3 is 15.9 Å². The molecule has 0 aliphatic rings. The van der Waals surface area contributed by atoms with Crippen LogP contribution in [0.25, 0.3) is 0 Å². The summed E-state index contributed by atoms with van der Waals surface area (Å²) >= 11 is 2.88. The smallest absolute Gasteiger partial charge is 0.416 e. The van der Waals surface area contributed by atoms with E-state index in [1.807, 2.05) is 0 Å². The Morgan fingerprint density at radius 1 is 1.38 bits per heavy atom. The lowest BCUT2D eigenvalue weighted by atomic mass is 10.0. The fourth-order valence-corrected chi connectivity index (χ4v) is 1.59. The van der Waals surface area contributed by atoms with Gasteiger partial charge >= 0.3 is 6.18 Å². The molecule has 0 heterocycles. The third kappa shape index (κ3) is 2.66. The molecule has 1 unspecified atom stereocenters. The molecule has 0 spiro atoms. The lowest BCUT2D eigenvalue weighted by molar-refractivity contribution is -0.139. The summed E-state index contributed by atoms with van der Waals surface area (Å²) in [6.45, 7) is -0.333. The highest BCUT2D eigenvalue weighted by Gasteiger charge is 2.35. The number of hydrogen-bond acceptors (Lipinski definition) is 3. The molecular formula is C9H9BrF3NO2. The summed E-state index contributed by atoms with van der Waals surface area (Å²) in [6, 6.07) is 1.56. The molecule has 0 fully saturated rings. The maximum Gasteiger partial charge on any atom is 0.416 e. The number of phenolic OH excluding ortho intramolecular Hbond substituents is 1. The van der Waals surface area contributed by atoms with E-state index in [0.29, 0.717) is 6.07 Å². The Hall–Kier alpha value is -0.790. The molecule has 3 nitrogen and oxygen atoms in total. The Labute approximate surface area is 97.8 Å². The van der Waals surface area contributed by atoms with Crippen molar-refractivity contribution in [3.05, 3.63) is 27.7 Å². The fourth-order valence-electron chi connectivity index (χ4n) is 1.23. The van der Waals surface area contributed by atoms with E-state index >= 15 is 0 Å². The Morgan fingerprint density at radius 3 is 2.38 bits per heavy atom. The summed E-state index contributed by atoms with van der Waals surface area (Å²) in [6.07, 6.45) is -6.07. The van der Waals surface area contributed by atoms with Gasteiger partial charge in [-0.15, -0.1) is 0 Å². The zero-order chi connectivity index (χ0) is 12.5. The number of alkyl halides is 3. The van der Waals surface area contributed by atoms with Gasteiger partial charge in [0.05, 0.1) is 16.1 Å². The Kier molecular flexibility index (Phi) is 3.82. The normalized spacial score (nSPS) is 13.9. The molecule has 90 valence electrons. The summed E-state index contributed by atoms with van der Waals surface area (Å²) in [5, 5.41) is 18.5. The van der Waals surface area contributed by atoms with Crippen LogP contribution in [-0.4, -0.2) is 16.8 Å². The number of hydrogen-bond donors (Lipinski definition) is 3. The molecule has 0 radical (unpaired) electrons. The third-order valence-electron chi connectivity index (χ3n) is 2.01. The number of aliphatic hydroxyl groups is 1. The summed E-state index contributed by atoms with van der Waals surface area (Å²) in [7, 11) is 0. The number of benzene rings is 1. The van der Waals surface area contributed by atoms with E-state index in [1.54, 1.807) is 0 Å². The van der Waals surface area contributed by atoms with Crippen LogP contribution in [0.15, 0.2) is 16.6 Å². The van der Waals surface area contributed by atoms with Crippen LogP contribution in [0.3, 0.4) is 0 Å². The molecule has 7 heteroatoms. The minimum Gasteiger partial charge on any atom is -0.507 e. The van der Waals surface area contributed by atoms with Gasteiger partial charge in [0.1, 0.15) is 5.75 Å². The average molecular weight is 300 g/mol. The van der Waals surface area contributed by atoms with E-state index < -0.39 is 23.6 Å². The SMILES string of the molecule is NCC(O)c1cc(Br)c(O)cc1C(F)(F)F. The van der Waals surface area contributed by atoms with Crippen molar-refractivity contribution < 1.29 is 23.4 Å². The first-order valence-electron chi connectivity index (χ1n) is 4.25. The molecule has 1 aromatic carbocycles. The molecule has 0 aliphatic heterocycles. The van der Waals surface area contributed by atoms with Crippen LogP contribution in [0.4, 0.5) is 13.2 Å². The molecule has 16 heavy (non-hydrogen) atoms. The topological polar surface area (TPSA) is 66.5 Å². The van der Waals surface area contributed by atoms with E-state index in [1.165, 1.54) is 0 Å². The monoisotopic (exact) mass is 299 g/mol. The van der Waals surface area contributed by atoms with Crippen molar-refractivity contribution in [2.24, 2.45) is 5.73 Å². The fraction of sp³-hybridized carbons (Fsp3) is 0.333. The van der Waals surface area contributed by atoms with Gasteiger partial charge in [0, 0.05) is 6.54 Å². The van der Waals surface area contributed by atoms with Gasteiger partial charge in [0.25, 0.3) is 0 Å². The number of aliphatic hydroxyl groups excluding tert-OH is 1. The summed E-state index contributed by atoms with van der Waals surface area (Å²) < 4.78 is 37.8. The van der Waals surface area contributed by atoms with Crippen LogP contribution in [-0.2, 0) is 6.18 Å². The largest absolute Gasteiger partial charge is 0.507 e. The van der Waals surface area contributed by atoms with Gasteiger partial charge in [-0.1, -0.05) is 0 Å². The third-order valence-corrected chi connectivity index (χ3v) is 2.64. The van der Waals surface area contributed by atoms with Crippen molar-refractivity contribution in [1.29, 1.82) is 0 Å². The predicted molar refractivity (Wildman–Crippen MR) is 54.8 cm³/mol. The second-order valence-electron chi connectivity index (χ2n) is 3.14. The van der Waals surface area contributed by atoms with E-state index in [2.05, 4.69) is 15.9 Å². The number of aromatic hydroxyl groups is 1. The van der Waals surface area contributed by atoms with Crippen LogP contribution in [0.2, 0.25) is 0 Å². The number of rotatable bonds is 2. The van der Waals surface area contributed by atoms with Crippen LogP contribution in [0.1, 0.15) is 17.2 Å². The predicted octanol–water partition coefficient (Wildman–Crippen LogP) is 2.17. The molecule has 0 aromatic heterocycles. The van der Waals surface area contributed by atoms with Crippen molar-refractivity contribution in [1.82, 2.24) is 0 Å². The first-order valence-corrected chi connectivity index (χ1v) is 5.04. The van der Waals surface area contributed by atoms with Gasteiger partial charge in [-0.2, -0.15) is 13.2 Å². The summed E-state index contributed by atoms with van der Waals surface area (Å²) in [5.41, 5.74) is 3.66. The Bertz CT molecular complexity index is 395. The Morgan fingerprint density at radius 2 is 1.94 bits per heavy atom. The maximum absolute atomic E-state index is 12.6. The molecule has 0 saturated heterocycles. The molecule has 0 bridgehead atoms. The molecule has 1 rings (SSSR count). The van der Waals surface area contributed by atoms with Crippen LogP contribution < -0.4 is 5.73 Å². The van der Waals surface area contributed by atoms with Gasteiger partial charge in [-0.3, -0.25) is 0 Å². The minimum absolute atomic E-state index is 0.0722. The second-order valence-corrected chi connectivity index (χ2v) is 3.99. The van der Waals surface area contributed by atoms with Crippen molar-refractivity contribution in [3.63, 3.8) is 0 Å². The summed E-state index contributed by atoms with van der Waals surface area (Å²) in [4.78, 5) is 0. The standard InChI is InChI=1S/C9H9BrF3NO2/c10-6-1-4(8(16)3-14)5(2-7(6)15)9(11,12)13/h1-2,8,15-16H,3,14H2. The lowest BCUT2D eigenvalue weighted by Crippen LogP contribution is -2.17. The molecular weight excluding hydrogens is 291 g/mol. The van der Waals surface area contributed by atoms with E-state index in [4.69, 9.17) is 5.73 Å². The highest BCUT2D eigenvalue weighted by atomic mass is 79.9. The molecule has 0 saturated carbocycles. The average Bonchev–Trinajstić information content (AvgIpc) is 2.18. The van der Waals surface area contributed by atoms with Gasteiger partial charge in [0.15, 0.2) is 0 Å². The zero-order valence-corrected chi connectivity index (χ0v) is 9.51. The maximum atomic E-state index is 12.6. The first kappa shape index (κ1) is 13.3. The quantitative estimate of drug-likeness (QED) is 0.784. The lowest BCUT2D eigenvalue weighted by Gasteiger charge is -2.17. The van der Waals surface area contributed by atoms with Crippen molar-refractivity contribution in [2.45, 2.75) is 12.3 Å². The number of nitrogens with two attached hydrogens (primary N) is 1. The van der Waals surface area contributed by atoms with Crippen LogP contribution >= 0.6 is 15.9 Å². The number of halogens is 4. The summed E-state index contributed by atoms with van der Waals surface area (Å²) in [5.74, 6) is -0.541. The Balaban J connectivity index is 3.39. The highest BCUT2D eigenvalue weighted by molar-refractivity contribution is 9.10.